The van der Waals surface area contributed by atoms with Crippen LogP contribution in [0.3, 0.4) is 0 Å². The summed E-state index contributed by atoms with van der Waals surface area (Å²) in [5, 5.41) is 12.3. The van der Waals surface area contributed by atoms with E-state index in [0.717, 1.165) is 5.56 Å². The summed E-state index contributed by atoms with van der Waals surface area (Å²) < 4.78 is 18.9. The summed E-state index contributed by atoms with van der Waals surface area (Å²) in [6.07, 6.45) is -0.363. The van der Waals surface area contributed by atoms with E-state index in [1.54, 1.807) is 6.07 Å². The van der Waals surface area contributed by atoms with E-state index in [4.69, 9.17) is 16.3 Å². The Kier molecular flexibility index (Phi) is 7.03. The van der Waals surface area contributed by atoms with Crippen molar-refractivity contribution >= 4 is 17.7 Å². The maximum atomic E-state index is 13.8. The summed E-state index contributed by atoms with van der Waals surface area (Å²) in [5.41, 5.74) is 1.21. The van der Waals surface area contributed by atoms with Crippen molar-refractivity contribution < 1.29 is 19.0 Å². The van der Waals surface area contributed by atoms with E-state index in [1.165, 1.54) is 12.1 Å². The van der Waals surface area contributed by atoms with Gasteiger partial charge in [0.15, 0.2) is 0 Å². The molecule has 0 spiro atoms. The zero-order chi connectivity index (χ0) is 17.4. The van der Waals surface area contributed by atoms with Gasteiger partial charge >= 0.3 is 6.09 Å². The summed E-state index contributed by atoms with van der Waals surface area (Å²) in [6, 6.07) is 13.7. The third-order valence-corrected chi connectivity index (χ3v) is 3.91. The summed E-state index contributed by atoms with van der Waals surface area (Å²) in [4.78, 5) is 11.7. The molecule has 2 aromatic rings. The topological polar surface area (TPSA) is 58.6 Å². The monoisotopic (exact) mass is 351 g/mol. The number of ether oxygens (including phenoxy) is 1. The molecule has 0 aliphatic heterocycles. The maximum Gasteiger partial charge on any atom is 0.407 e. The van der Waals surface area contributed by atoms with E-state index in [0.29, 0.717) is 10.6 Å². The third-order valence-electron chi connectivity index (χ3n) is 3.56. The van der Waals surface area contributed by atoms with Crippen molar-refractivity contribution in [2.45, 2.75) is 13.0 Å². The molecule has 1 amide bonds. The van der Waals surface area contributed by atoms with Gasteiger partial charge in [-0.15, -0.1) is 0 Å². The largest absolute Gasteiger partial charge is 0.445 e. The van der Waals surface area contributed by atoms with Gasteiger partial charge in [0.1, 0.15) is 12.4 Å². The third kappa shape index (κ3) is 5.51. The fraction of sp³-hybridized carbons (Fsp3) is 0.278. The Morgan fingerprint density at radius 3 is 2.62 bits per heavy atom. The molecule has 0 saturated carbocycles. The normalized spacial score (nSPS) is 11.8. The van der Waals surface area contributed by atoms with Gasteiger partial charge in [0, 0.05) is 29.7 Å². The highest BCUT2D eigenvalue weighted by molar-refractivity contribution is 6.31. The molecule has 0 fully saturated rings. The van der Waals surface area contributed by atoms with Gasteiger partial charge in [-0.3, -0.25) is 0 Å². The molecule has 0 heterocycles. The number of benzene rings is 2. The van der Waals surface area contributed by atoms with Gasteiger partial charge < -0.3 is 15.2 Å². The van der Waals surface area contributed by atoms with Crippen molar-refractivity contribution in [3.63, 3.8) is 0 Å². The van der Waals surface area contributed by atoms with E-state index >= 15 is 0 Å². The van der Waals surface area contributed by atoms with E-state index < -0.39 is 11.9 Å². The second-order valence-electron chi connectivity index (χ2n) is 5.40. The van der Waals surface area contributed by atoms with E-state index in [2.05, 4.69) is 5.32 Å². The second-order valence-corrected chi connectivity index (χ2v) is 5.80. The molecule has 2 aromatic carbocycles. The lowest BCUT2D eigenvalue weighted by atomic mass is 9.99. The van der Waals surface area contributed by atoms with Crippen molar-refractivity contribution in [2.24, 2.45) is 5.92 Å². The quantitative estimate of drug-likeness (QED) is 0.802. The molecule has 24 heavy (non-hydrogen) atoms. The highest BCUT2D eigenvalue weighted by Crippen LogP contribution is 2.22. The lowest BCUT2D eigenvalue weighted by Crippen LogP contribution is -2.32. The van der Waals surface area contributed by atoms with Crippen LogP contribution in [0.2, 0.25) is 5.02 Å². The number of aliphatic hydroxyl groups excluding tert-OH is 1. The number of hydrogen-bond donors (Lipinski definition) is 2. The molecule has 0 radical (unpaired) electrons. The SMILES string of the molecule is O=C(NCC(CO)Cc1c(F)cccc1Cl)OCc1ccccc1. The first-order valence-corrected chi connectivity index (χ1v) is 7.96. The maximum absolute atomic E-state index is 13.8. The van der Waals surface area contributed by atoms with Crippen LogP contribution in [0.15, 0.2) is 48.5 Å². The van der Waals surface area contributed by atoms with Gasteiger partial charge in [-0.1, -0.05) is 48.0 Å². The summed E-state index contributed by atoms with van der Waals surface area (Å²) >= 11 is 5.98. The molecule has 1 unspecified atom stereocenters. The average molecular weight is 352 g/mol. The molecule has 0 aromatic heterocycles. The summed E-state index contributed by atoms with van der Waals surface area (Å²) in [6.45, 7) is 0.119. The first-order valence-electron chi connectivity index (χ1n) is 7.58. The Labute approximate surface area is 145 Å². The van der Waals surface area contributed by atoms with Crippen molar-refractivity contribution in [2.75, 3.05) is 13.2 Å². The van der Waals surface area contributed by atoms with Gasteiger partial charge in [-0.05, 0) is 24.1 Å². The molecule has 0 saturated heterocycles. The lowest BCUT2D eigenvalue weighted by Gasteiger charge is -2.16. The smallest absolute Gasteiger partial charge is 0.407 e. The van der Waals surface area contributed by atoms with E-state index in [9.17, 15) is 14.3 Å². The molecule has 0 bridgehead atoms. The average Bonchev–Trinajstić information content (AvgIpc) is 2.60. The number of aliphatic hydroxyl groups is 1. The minimum absolute atomic E-state index is 0.161. The van der Waals surface area contributed by atoms with Gasteiger partial charge in [0.05, 0.1) is 0 Å². The van der Waals surface area contributed by atoms with Crippen molar-refractivity contribution in [1.82, 2.24) is 5.32 Å². The van der Waals surface area contributed by atoms with Crippen LogP contribution in [0.4, 0.5) is 9.18 Å². The van der Waals surface area contributed by atoms with Gasteiger partial charge in [0.2, 0.25) is 0 Å². The number of amides is 1. The fourth-order valence-electron chi connectivity index (χ4n) is 2.22. The van der Waals surface area contributed by atoms with Crippen LogP contribution < -0.4 is 5.32 Å². The van der Waals surface area contributed by atoms with Gasteiger partial charge in [-0.25, -0.2) is 9.18 Å². The van der Waals surface area contributed by atoms with Gasteiger partial charge in [-0.2, -0.15) is 0 Å². The fourth-order valence-corrected chi connectivity index (χ4v) is 2.46. The number of alkyl carbamates (subject to hydrolysis) is 1. The van der Waals surface area contributed by atoms with Crippen molar-refractivity contribution in [3.8, 4) is 0 Å². The molecule has 1 atom stereocenters. The Morgan fingerprint density at radius 2 is 1.96 bits per heavy atom. The zero-order valence-corrected chi connectivity index (χ0v) is 13.8. The Balaban J connectivity index is 1.81. The standard InChI is InChI=1S/C18H19ClFNO3/c19-16-7-4-8-17(20)15(16)9-14(11-22)10-21-18(23)24-12-13-5-2-1-3-6-13/h1-8,14,22H,9-12H2,(H,21,23). The minimum atomic E-state index is -0.586. The molecular weight excluding hydrogens is 333 g/mol. The van der Waals surface area contributed by atoms with Crippen LogP contribution in [-0.2, 0) is 17.8 Å². The molecule has 0 aliphatic rings. The highest BCUT2D eigenvalue weighted by atomic mass is 35.5. The molecular formula is C18H19ClFNO3. The van der Waals surface area contributed by atoms with Crippen LogP contribution in [-0.4, -0.2) is 24.4 Å². The zero-order valence-electron chi connectivity index (χ0n) is 13.0. The Bertz CT molecular complexity index is 646. The van der Waals surface area contributed by atoms with Crippen LogP contribution >= 0.6 is 11.6 Å². The van der Waals surface area contributed by atoms with Crippen LogP contribution in [0.5, 0.6) is 0 Å². The second kappa shape index (κ2) is 9.25. The van der Waals surface area contributed by atoms with Crippen molar-refractivity contribution in [1.29, 1.82) is 0 Å². The summed E-state index contributed by atoms with van der Waals surface area (Å²) in [7, 11) is 0. The van der Waals surface area contributed by atoms with E-state index in [1.807, 2.05) is 30.3 Å². The molecule has 6 heteroatoms. The number of carbonyl (C=O) groups excluding carboxylic acids is 1. The minimum Gasteiger partial charge on any atom is -0.445 e. The summed E-state index contributed by atoms with van der Waals surface area (Å²) in [5.74, 6) is -0.781. The molecule has 128 valence electrons. The predicted octanol–water partition coefficient (Wildman–Crippen LogP) is 3.56. The first kappa shape index (κ1) is 18.2. The number of halogens is 2. The Morgan fingerprint density at radius 1 is 1.21 bits per heavy atom. The molecule has 2 rings (SSSR count). The van der Waals surface area contributed by atoms with Crippen LogP contribution in [0.1, 0.15) is 11.1 Å². The number of carbonyl (C=O) groups is 1. The first-order chi connectivity index (χ1) is 11.6. The molecule has 2 N–H and O–H groups in total. The number of rotatable bonds is 7. The molecule has 0 aliphatic carbocycles. The predicted molar refractivity (Wildman–Crippen MR) is 90.3 cm³/mol. The lowest BCUT2D eigenvalue weighted by molar-refractivity contribution is 0.135. The molecule has 4 nitrogen and oxygen atoms in total. The highest BCUT2D eigenvalue weighted by Gasteiger charge is 2.16. The van der Waals surface area contributed by atoms with Crippen molar-refractivity contribution in [3.05, 3.63) is 70.5 Å². The van der Waals surface area contributed by atoms with E-state index in [-0.39, 0.29) is 32.1 Å². The number of nitrogens with one attached hydrogen (secondary N) is 1. The number of hydrogen-bond acceptors (Lipinski definition) is 3. The van der Waals surface area contributed by atoms with Gasteiger partial charge in [0.25, 0.3) is 0 Å². The van der Waals surface area contributed by atoms with Crippen LogP contribution in [0.25, 0.3) is 0 Å². The van der Waals surface area contributed by atoms with Crippen LogP contribution in [0, 0.1) is 11.7 Å². The Hall–Kier alpha value is -2.11.